The Morgan fingerprint density at radius 1 is 1.80 bits per heavy atom. The van der Waals surface area contributed by atoms with Gasteiger partial charge in [-0.15, -0.1) is 12.4 Å². The van der Waals surface area contributed by atoms with Gasteiger partial charge < -0.3 is 5.73 Å². The van der Waals surface area contributed by atoms with Crippen molar-refractivity contribution in [2.45, 2.75) is 0 Å². The Hall–Kier alpha value is -1.03. The van der Waals surface area contributed by atoms with Crippen molar-refractivity contribution < 1.29 is 4.79 Å². The molecule has 0 unspecified atom stereocenters. The van der Waals surface area contributed by atoms with Crippen LogP contribution in [0, 0.1) is 5.41 Å². The van der Waals surface area contributed by atoms with E-state index in [4.69, 9.17) is 11.1 Å². The summed E-state index contributed by atoms with van der Waals surface area (Å²) in [5.74, 6) is -0.651. The number of guanidine groups is 1. The van der Waals surface area contributed by atoms with Crippen LogP contribution in [0.5, 0.6) is 0 Å². The van der Waals surface area contributed by atoms with E-state index in [1.54, 1.807) is 0 Å². The maximum atomic E-state index is 10.5. The van der Waals surface area contributed by atoms with Crippen LogP contribution in [0.3, 0.4) is 0 Å². The van der Waals surface area contributed by atoms with Crippen molar-refractivity contribution in [3.8, 4) is 0 Å². The molecular weight excluding hydrogens is 154 g/mol. The maximum Gasteiger partial charge on any atom is 0.252 e. The molecule has 0 rings (SSSR count). The molecule has 0 spiro atoms. The van der Waals surface area contributed by atoms with E-state index in [0.717, 1.165) is 11.0 Å². The summed E-state index contributed by atoms with van der Waals surface area (Å²) in [4.78, 5) is 11.5. The van der Waals surface area contributed by atoms with Gasteiger partial charge in [0.2, 0.25) is 0 Å². The predicted molar refractivity (Wildman–Crippen MR) is 42.1 cm³/mol. The summed E-state index contributed by atoms with van der Waals surface area (Å²) in [7, 11) is 1.41. The molecule has 0 aliphatic heterocycles. The van der Waals surface area contributed by atoms with Gasteiger partial charge in [0.25, 0.3) is 5.91 Å². The van der Waals surface area contributed by atoms with Crippen LogP contribution in [0.1, 0.15) is 0 Å². The van der Waals surface area contributed by atoms with Gasteiger partial charge in [0.05, 0.1) is 0 Å². The zero-order valence-electron chi connectivity index (χ0n) is 5.63. The topological polar surface area (TPSA) is 70.2 Å². The maximum absolute atomic E-state index is 10.5. The lowest BCUT2D eigenvalue weighted by atomic mass is 10.5. The molecule has 0 radical (unpaired) electrons. The van der Waals surface area contributed by atoms with Crippen molar-refractivity contribution in [1.29, 1.82) is 5.41 Å². The molecule has 0 saturated carbocycles. The Bertz CT molecular complexity index is 157. The lowest BCUT2D eigenvalue weighted by Crippen LogP contribution is -2.36. The SMILES string of the molecule is C=CC(=O)N(C)C(=N)N.Cl. The van der Waals surface area contributed by atoms with Crippen LogP contribution in [0.4, 0.5) is 0 Å². The van der Waals surface area contributed by atoms with Gasteiger partial charge >= 0.3 is 0 Å². The molecule has 0 aromatic rings. The van der Waals surface area contributed by atoms with Crippen molar-refractivity contribution >= 4 is 24.3 Å². The fourth-order valence-electron chi connectivity index (χ4n) is 0.256. The van der Waals surface area contributed by atoms with E-state index in [1.807, 2.05) is 0 Å². The summed E-state index contributed by atoms with van der Waals surface area (Å²) < 4.78 is 0. The zero-order chi connectivity index (χ0) is 7.44. The van der Waals surface area contributed by atoms with Crippen LogP contribution in [0.25, 0.3) is 0 Å². The number of likely N-dealkylation sites (N-methyl/N-ethyl adjacent to an activating group) is 1. The molecule has 58 valence electrons. The van der Waals surface area contributed by atoms with E-state index in [0.29, 0.717) is 0 Å². The second-order valence-electron chi connectivity index (χ2n) is 1.49. The summed E-state index contributed by atoms with van der Waals surface area (Å²) in [5, 5.41) is 6.77. The summed E-state index contributed by atoms with van der Waals surface area (Å²) in [6.07, 6.45) is 1.10. The molecule has 5 heteroatoms. The minimum atomic E-state index is -0.373. The fourth-order valence-corrected chi connectivity index (χ4v) is 0.256. The number of carbonyl (C=O) groups excluding carboxylic acids is 1. The number of hydrogen-bond acceptors (Lipinski definition) is 2. The summed E-state index contributed by atoms with van der Waals surface area (Å²) >= 11 is 0. The number of rotatable bonds is 1. The highest BCUT2D eigenvalue weighted by atomic mass is 35.5. The summed E-state index contributed by atoms with van der Waals surface area (Å²) in [5.41, 5.74) is 4.95. The van der Waals surface area contributed by atoms with Crippen molar-refractivity contribution in [2.24, 2.45) is 5.73 Å². The highest BCUT2D eigenvalue weighted by Gasteiger charge is 2.04. The quantitative estimate of drug-likeness (QED) is 0.323. The molecule has 4 nitrogen and oxygen atoms in total. The second kappa shape index (κ2) is 4.81. The number of nitrogens with two attached hydrogens (primary N) is 1. The van der Waals surface area contributed by atoms with E-state index < -0.39 is 0 Å². The van der Waals surface area contributed by atoms with Gasteiger partial charge in [0.15, 0.2) is 5.96 Å². The average Bonchev–Trinajstić information content (AvgIpc) is 1.84. The molecule has 3 N–H and O–H groups in total. The van der Waals surface area contributed by atoms with E-state index >= 15 is 0 Å². The Morgan fingerprint density at radius 3 is 2.30 bits per heavy atom. The Balaban J connectivity index is 0. The van der Waals surface area contributed by atoms with Gasteiger partial charge in [-0.05, 0) is 6.08 Å². The average molecular weight is 164 g/mol. The third-order valence-corrected chi connectivity index (χ3v) is 0.867. The van der Waals surface area contributed by atoms with Gasteiger partial charge in [-0.2, -0.15) is 0 Å². The zero-order valence-corrected chi connectivity index (χ0v) is 6.44. The predicted octanol–water partition coefficient (Wildman–Crippen LogP) is -0.0539. The fraction of sp³-hybridized carbons (Fsp3) is 0.200. The Kier molecular flexibility index (Phi) is 5.64. The smallest absolute Gasteiger partial charge is 0.252 e. The minimum Gasteiger partial charge on any atom is -0.370 e. The lowest BCUT2D eigenvalue weighted by Gasteiger charge is -2.10. The largest absolute Gasteiger partial charge is 0.370 e. The Morgan fingerprint density at radius 2 is 2.20 bits per heavy atom. The molecule has 0 saturated heterocycles. The molecule has 0 aromatic carbocycles. The van der Waals surface area contributed by atoms with E-state index in [9.17, 15) is 4.79 Å². The van der Waals surface area contributed by atoms with E-state index in [-0.39, 0.29) is 24.3 Å². The third kappa shape index (κ3) is 3.09. The standard InChI is InChI=1S/C5H9N3O.ClH/c1-3-4(9)8(2)5(6)7;/h3H,1H2,2H3,(H3,6,7);1H. The molecule has 0 heterocycles. The van der Waals surface area contributed by atoms with Crippen molar-refractivity contribution in [2.75, 3.05) is 7.05 Å². The van der Waals surface area contributed by atoms with Crippen LogP contribution < -0.4 is 5.73 Å². The minimum absolute atomic E-state index is 0. The van der Waals surface area contributed by atoms with Crippen molar-refractivity contribution in [3.63, 3.8) is 0 Å². The first-order chi connectivity index (χ1) is 4.09. The number of hydrogen-bond donors (Lipinski definition) is 2. The van der Waals surface area contributed by atoms with Crippen LogP contribution in [0.2, 0.25) is 0 Å². The highest BCUT2D eigenvalue weighted by molar-refractivity contribution is 5.99. The third-order valence-electron chi connectivity index (χ3n) is 0.867. The summed E-state index contributed by atoms with van der Waals surface area (Å²) in [6, 6.07) is 0. The molecule has 0 fully saturated rings. The van der Waals surface area contributed by atoms with Gasteiger partial charge in [-0.1, -0.05) is 6.58 Å². The number of nitrogens with one attached hydrogen (secondary N) is 1. The normalized spacial score (nSPS) is 7.30. The first-order valence-corrected chi connectivity index (χ1v) is 2.33. The second-order valence-corrected chi connectivity index (χ2v) is 1.49. The molecule has 1 amide bonds. The van der Waals surface area contributed by atoms with Gasteiger partial charge in [0.1, 0.15) is 0 Å². The molecule has 10 heavy (non-hydrogen) atoms. The summed E-state index contributed by atoms with van der Waals surface area (Å²) in [6.45, 7) is 3.22. The van der Waals surface area contributed by atoms with Crippen LogP contribution in [0.15, 0.2) is 12.7 Å². The number of amides is 1. The molecule has 0 bridgehead atoms. The van der Waals surface area contributed by atoms with Gasteiger partial charge in [0, 0.05) is 7.05 Å². The van der Waals surface area contributed by atoms with Gasteiger partial charge in [-0.25, -0.2) is 0 Å². The first kappa shape index (κ1) is 11.7. The van der Waals surface area contributed by atoms with Crippen LogP contribution in [-0.4, -0.2) is 23.8 Å². The monoisotopic (exact) mass is 163 g/mol. The number of halogens is 1. The first-order valence-electron chi connectivity index (χ1n) is 2.33. The number of carbonyl (C=O) groups is 1. The van der Waals surface area contributed by atoms with Crippen molar-refractivity contribution in [3.05, 3.63) is 12.7 Å². The molecular formula is C5H10ClN3O. The lowest BCUT2D eigenvalue weighted by molar-refractivity contribution is -0.121. The van der Waals surface area contributed by atoms with E-state index in [2.05, 4.69) is 6.58 Å². The molecule has 0 aromatic heterocycles. The molecule has 0 atom stereocenters. The molecule has 0 aliphatic rings. The van der Waals surface area contributed by atoms with Gasteiger partial charge in [-0.3, -0.25) is 15.1 Å². The van der Waals surface area contributed by atoms with Crippen LogP contribution in [-0.2, 0) is 4.79 Å². The Labute approximate surface area is 65.6 Å². The van der Waals surface area contributed by atoms with E-state index in [1.165, 1.54) is 7.05 Å². The van der Waals surface area contributed by atoms with Crippen LogP contribution >= 0.6 is 12.4 Å². The highest BCUT2D eigenvalue weighted by Crippen LogP contribution is 1.81. The number of nitrogens with zero attached hydrogens (tertiary/aromatic N) is 1. The van der Waals surface area contributed by atoms with Crippen molar-refractivity contribution in [1.82, 2.24) is 4.90 Å². The molecule has 0 aliphatic carbocycles.